The Bertz CT molecular complexity index is 150. The second-order valence-corrected chi connectivity index (χ2v) is 2.83. The van der Waals surface area contributed by atoms with Crippen molar-refractivity contribution in [2.75, 3.05) is 20.3 Å². The van der Waals surface area contributed by atoms with Crippen molar-refractivity contribution in [2.24, 2.45) is 10.9 Å². The Labute approximate surface area is 78.5 Å². The van der Waals surface area contributed by atoms with Crippen molar-refractivity contribution < 1.29 is 14.7 Å². The van der Waals surface area contributed by atoms with Gasteiger partial charge in [0.2, 0.25) is 0 Å². The van der Waals surface area contributed by atoms with Gasteiger partial charge in [0, 0.05) is 20.1 Å². The van der Waals surface area contributed by atoms with E-state index in [9.17, 15) is 0 Å². The van der Waals surface area contributed by atoms with Crippen LogP contribution in [0.15, 0.2) is 5.16 Å². The molecular weight excluding hydrogens is 172 g/mol. The average molecular weight is 190 g/mol. The first-order valence-corrected chi connectivity index (χ1v) is 4.27. The number of amidine groups is 1. The average Bonchev–Trinajstić information content (AvgIpc) is 2.12. The molecule has 0 rings (SSSR count). The molecule has 0 aliphatic heterocycles. The minimum atomic E-state index is 0.0947. The van der Waals surface area contributed by atoms with Crippen molar-refractivity contribution in [2.45, 2.75) is 25.9 Å². The number of ether oxygens (including phenoxy) is 2. The number of nitrogens with two attached hydrogens (primary N) is 1. The van der Waals surface area contributed by atoms with Crippen LogP contribution in [-0.4, -0.2) is 37.5 Å². The summed E-state index contributed by atoms with van der Waals surface area (Å²) in [5, 5.41) is 11.1. The number of nitrogens with zero attached hydrogens (tertiary/aromatic N) is 1. The molecule has 0 spiro atoms. The van der Waals surface area contributed by atoms with Crippen molar-refractivity contribution in [1.82, 2.24) is 0 Å². The van der Waals surface area contributed by atoms with Crippen LogP contribution < -0.4 is 5.73 Å². The Morgan fingerprint density at radius 1 is 1.62 bits per heavy atom. The molecular formula is C8H18N2O3. The van der Waals surface area contributed by atoms with Gasteiger partial charge < -0.3 is 20.4 Å². The molecule has 13 heavy (non-hydrogen) atoms. The van der Waals surface area contributed by atoms with Crippen LogP contribution in [-0.2, 0) is 9.47 Å². The normalized spacial score (nSPS) is 14.5. The molecule has 0 heterocycles. The first-order valence-electron chi connectivity index (χ1n) is 4.27. The van der Waals surface area contributed by atoms with Crippen molar-refractivity contribution in [3.63, 3.8) is 0 Å². The van der Waals surface area contributed by atoms with Gasteiger partial charge in [-0.05, 0) is 13.3 Å². The van der Waals surface area contributed by atoms with Crippen molar-refractivity contribution in [3.05, 3.63) is 0 Å². The molecule has 1 atom stereocenters. The van der Waals surface area contributed by atoms with E-state index in [1.54, 1.807) is 7.11 Å². The molecule has 5 nitrogen and oxygen atoms in total. The molecule has 0 aromatic heterocycles. The minimum absolute atomic E-state index is 0.0947. The molecule has 0 saturated carbocycles. The maximum atomic E-state index is 8.23. The maximum Gasteiger partial charge on any atom is 0.139 e. The molecule has 0 amide bonds. The highest BCUT2D eigenvalue weighted by atomic mass is 16.5. The molecule has 0 radical (unpaired) electrons. The topological polar surface area (TPSA) is 77.1 Å². The fourth-order valence-corrected chi connectivity index (χ4v) is 0.871. The number of hydrogen-bond acceptors (Lipinski definition) is 4. The number of oxime groups is 1. The van der Waals surface area contributed by atoms with E-state index >= 15 is 0 Å². The van der Waals surface area contributed by atoms with Crippen molar-refractivity contribution in [3.8, 4) is 0 Å². The third kappa shape index (κ3) is 7.55. The smallest absolute Gasteiger partial charge is 0.139 e. The first kappa shape index (κ1) is 12.2. The lowest BCUT2D eigenvalue weighted by atomic mass is 10.3. The third-order valence-electron chi connectivity index (χ3n) is 1.51. The molecule has 0 aromatic rings. The Morgan fingerprint density at radius 2 is 2.31 bits per heavy atom. The van der Waals surface area contributed by atoms with E-state index in [0.29, 0.717) is 19.6 Å². The van der Waals surface area contributed by atoms with Crippen LogP contribution in [0.3, 0.4) is 0 Å². The second kappa shape index (κ2) is 7.82. The second-order valence-electron chi connectivity index (χ2n) is 2.83. The SMILES string of the molecule is COCC(C)OCCCC(N)=NO. The van der Waals surface area contributed by atoms with Gasteiger partial charge in [-0.1, -0.05) is 5.16 Å². The number of methoxy groups -OCH3 is 1. The summed E-state index contributed by atoms with van der Waals surface area (Å²) < 4.78 is 10.2. The lowest BCUT2D eigenvalue weighted by molar-refractivity contribution is 0.00876. The predicted molar refractivity (Wildman–Crippen MR) is 49.9 cm³/mol. The lowest BCUT2D eigenvalue weighted by Gasteiger charge is -2.11. The maximum absolute atomic E-state index is 8.23. The quantitative estimate of drug-likeness (QED) is 0.202. The van der Waals surface area contributed by atoms with Crippen molar-refractivity contribution in [1.29, 1.82) is 0 Å². The molecule has 0 aliphatic rings. The highest BCUT2D eigenvalue weighted by Gasteiger charge is 2.00. The summed E-state index contributed by atoms with van der Waals surface area (Å²) in [7, 11) is 1.64. The molecule has 0 bridgehead atoms. The van der Waals surface area contributed by atoms with Crippen LogP contribution in [0.1, 0.15) is 19.8 Å². The summed E-state index contributed by atoms with van der Waals surface area (Å²) in [5.41, 5.74) is 5.27. The zero-order valence-electron chi connectivity index (χ0n) is 8.19. The van der Waals surface area contributed by atoms with E-state index in [1.165, 1.54) is 0 Å². The van der Waals surface area contributed by atoms with E-state index in [2.05, 4.69) is 5.16 Å². The summed E-state index contributed by atoms with van der Waals surface area (Å²) in [6.07, 6.45) is 1.40. The van der Waals surface area contributed by atoms with Gasteiger partial charge in [0.05, 0.1) is 12.7 Å². The highest BCUT2D eigenvalue weighted by Crippen LogP contribution is 1.95. The van der Waals surface area contributed by atoms with Crippen LogP contribution >= 0.6 is 0 Å². The number of rotatable bonds is 7. The van der Waals surface area contributed by atoms with Crippen LogP contribution in [0.4, 0.5) is 0 Å². The van der Waals surface area contributed by atoms with Gasteiger partial charge in [0.25, 0.3) is 0 Å². The third-order valence-corrected chi connectivity index (χ3v) is 1.51. The van der Waals surface area contributed by atoms with Crippen LogP contribution in [0.25, 0.3) is 0 Å². The van der Waals surface area contributed by atoms with Gasteiger partial charge in [-0.2, -0.15) is 0 Å². The van der Waals surface area contributed by atoms with Gasteiger partial charge in [-0.15, -0.1) is 0 Å². The molecule has 0 aromatic carbocycles. The van der Waals surface area contributed by atoms with Gasteiger partial charge in [0.1, 0.15) is 5.84 Å². The molecule has 1 unspecified atom stereocenters. The number of hydrogen-bond donors (Lipinski definition) is 2. The molecule has 0 saturated heterocycles. The predicted octanol–water partition coefficient (Wildman–Crippen LogP) is 0.565. The fourth-order valence-electron chi connectivity index (χ4n) is 0.871. The Morgan fingerprint density at radius 3 is 2.85 bits per heavy atom. The van der Waals surface area contributed by atoms with Gasteiger partial charge in [-0.3, -0.25) is 0 Å². The summed E-state index contributed by atoms with van der Waals surface area (Å²) in [5.74, 6) is 0.239. The first-order chi connectivity index (χ1) is 6.20. The molecule has 3 N–H and O–H groups in total. The zero-order chi connectivity index (χ0) is 10.1. The molecule has 78 valence electrons. The molecule has 5 heteroatoms. The minimum Gasteiger partial charge on any atom is -0.409 e. The summed E-state index contributed by atoms with van der Waals surface area (Å²) >= 11 is 0. The molecule has 0 fully saturated rings. The Hall–Kier alpha value is -0.810. The fraction of sp³-hybridized carbons (Fsp3) is 0.875. The van der Waals surface area contributed by atoms with E-state index in [1.807, 2.05) is 6.92 Å². The zero-order valence-corrected chi connectivity index (χ0v) is 8.19. The van der Waals surface area contributed by atoms with Gasteiger partial charge in [0.15, 0.2) is 0 Å². The van der Waals surface area contributed by atoms with E-state index < -0.39 is 0 Å². The van der Waals surface area contributed by atoms with Crippen LogP contribution in [0.2, 0.25) is 0 Å². The molecule has 0 aliphatic carbocycles. The highest BCUT2D eigenvalue weighted by molar-refractivity contribution is 5.79. The summed E-state index contributed by atoms with van der Waals surface area (Å²) in [6, 6.07) is 0. The Balaban J connectivity index is 3.25. The van der Waals surface area contributed by atoms with Gasteiger partial charge in [-0.25, -0.2) is 0 Å². The largest absolute Gasteiger partial charge is 0.409 e. The van der Waals surface area contributed by atoms with E-state index in [-0.39, 0.29) is 11.9 Å². The van der Waals surface area contributed by atoms with E-state index in [4.69, 9.17) is 20.4 Å². The van der Waals surface area contributed by atoms with Crippen LogP contribution in [0, 0.1) is 0 Å². The monoisotopic (exact) mass is 190 g/mol. The lowest BCUT2D eigenvalue weighted by Crippen LogP contribution is -2.17. The summed E-state index contributed by atoms with van der Waals surface area (Å²) in [4.78, 5) is 0. The summed E-state index contributed by atoms with van der Waals surface area (Å²) in [6.45, 7) is 3.12. The van der Waals surface area contributed by atoms with Crippen LogP contribution in [0.5, 0.6) is 0 Å². The van der Waals surface area contributed by atoms with Crippen molar-refractivity contribution >= 4 is 5.84 Å². The van der Waals surface area contributed by atoms with E-state index in [0.717, 1.165) is 6.42 Å². The van der Waals surface area contributed by atoms with Gasteiger partial charge >= 0.3 is 0 Å². The Kier molecular flexibility index (Phi) is 7.33. The standard InChI is InChI=1S/C8H18N2O3/c1-7(6-12-2)13-5-3-4-8(9)10-11/h7,11H,3-6H2,1-2H3,(H2,9,10).